The highest BCUT2D eigenvalue weighted by atomic mass is 19.4. The van der Waals surface area contributed by atoms with Gasteiger partial charge in [-0.3, -0.25) is 14.6 Å². The number of esters is 1. The molecule has 1 N–H and O–H groups in total. The Morgan fingerprint density at radius 3 is 2.50 bits per heavy atom. The Morgan fingerprint density at radius 2 is 2.14 bits per heavy atom. The molecule has 1 aromatic rings. The smallest absolute Gasteiger partial charge is 0.368 e. The second-order valence-electron chi connectivity index (χ2n) is 2.40. The molecule has 0 aliphatic carbocycles. The molecule has 0 bridgehead atoms. The van der Waals surface area contributed by atoms with Crippen LogP contribution >= 0.6 is 0 Å². The first-order chi connectivity index (χ1) is 6.29. The fraction of sp³-hybridized carbons (Fsp3) is 0.333. The molecule has 0 unspecified atom stereocenters. The number of halogens is 3. The molecule has 0 spiro atoms. The molecule has 0 aromatic carbocycles. The van der Waals surface area contributed by atoms with Gasteiger partial charge in [0.1, 0.15) is 5.69 Å². The van der Waals surface area contributed by atoms with Gasteiger partial charge in [0.25, 0.3) is 5.56 Å². The van der Waals surface area contributed by atoms with Gasteiger partial charge in [0.15, 0.2) is 0 Å². The van der Waals surface area contributed by atoms with Gasteiger partial charge in [0.2, 0.25) is 0 Å². The molecule has 78 valence electrons. The van der Waals surface area contributed by atoms with Crippen molar-refractivity contribution in [3.05, 3.63) is 22.1 Å². The van der Waals surface area contributed by atoms with Gasteiger partial charge in [-0.25, -0.2) is 4.79 Å². The van der Waals surface area contributed by atoms with E-state index in [2.05, 4.69) is 9.84 Å². The maximum Gasteiger partial charge on any atom is 0.575 e. The van der Waals surface area contributed by atoms with Crippen molar-refractivity contribution in [2.45, 2.75) is 6.36 Å². The van der Waals surface area contributed by atoms with E-state index < -0.39 is 23.6 Å². The Hall–Kier alpha value is -1.73. The van der Waals surface area contributed by atoms with Gasteiger partial charge in [0.05, 0.1) is 0 Å². The number of aromatic amines is 1. The Bertz CT molecular complexity index is 403. The number of carbonyl (C=O) groups is 1. The summed E-state index contributed by atoms with van der Waals surface area (Å²) < 4.78 is 38.6. The second-order valence-corrected chi connectivity index (χ2v) is 2.40. The zero-order valence-electron chi connectivity index (χ0n) is 6.88. The van der Waals surface area contributed by atoms with Gasteiger partial charge < -0.3 is 4.74 Å². The number of nitrogens with one attached hydrogen (secondary N) is 1. The fourth-order valence-corrected chi connectivity index (χ4v) is 0.753. The van der Waals surface area contributed by atoms with E-state index in [1.54, 1.807) is 0 Å². The van der Waals surface area contributed by atoms with Crippen molar-refractivity contribution in [3.63, 3.8) is 0 Å². The SMILES string of the molecule is Cn1[nH]c(C(=O)OC(F)(F)F)cc1=O. The van der Waals surface area contributed by atoms with Crippen LogP contribution in [-0.4, -0.2) is 22.1 Å². The molecule has 1 rings (SSSR count). The largest absolute Gasteiger partial charge is 0.575 e. The summed E-state index contributed by atoms with van der Waals surface area (Å²) in [5.74, 6) is -1.64. The summed E-state index contributed by atoms with van der Waals surface area (Å²) in [5.41, 5.74) is -1.17. The Kier molecular flexibility index (Phi) is 2.37. The van der Waals surface area contributed by atoms with E-state index in [4.69, 9.17) is 0 Å². The third-order valence-corrected chi connectivity index (χ3v) is 1.31. The van der Waals surface area contributed by atoms with Gasteiger partial charge in [-0.1, -0.05) is 0 Å². The molecule has 1 heterocycles. The molecule has 0 saturated carbocycles. The minimum Gasteiger partial charge on any atom is -0.368 e. The minimum absolute atomic E-state index is 0.546. The van der Waals surface area contributed by atoms with Crippen LogP contribution in [0.25, 0.3) is 0 Å². The third-order valence-electron chi connectivity index (χ3n) is 1.31. The highest BCUT2D eigenvalue weighted by Gasteiger charge is 2.35. The summed E-state index contributed by atoms with van der Waals surface area (Å²) in [5, 5.41) is 2.10. The Labute approximate surface area is 75.1 Å². The van der Waals surface area contributed by atoms with E-state index in [9.17, 15) is 22.8 Å². The van der Waals surface area contributed by atoms with E-state index in [1.165, 1.54) is 7.05 Å². The number of hydrogen-bond donors (Lipinski definition) is 1. The lowest BCUT2D eigenvalue weighted by Crippen LogP contribution is -2.19. The predicted octanol–water partition coefficient (Wildman–Crippen LogP) is 0.390. The van der Waals surface area contributed by atoms with Crippen molar-refractivity contribution < 1.29 is 22.7 Å². The van der Waals surface area contributed by atoms with Crippen molar-refractivity contribution in [2.24, 2.45) is 7.05 Å². The predicted molar refractivity (Wildman–Crippen MR) is 37.5 cm³/mol. The molecule has 0 fully saturated rings. The van der Waals surface area contributed by atoms with Crippen LogP contribution in [0, 0.1) is 0 Å². The highest BCUT2D eigenvalue weighted by Crippen LogP contribution is 2.17. The monoisotopic (exact) mass is 210 g/mol. The highest BCUT2D eigenvalue weighted by molar-refractivity contribution is 5.87. The zero-order valence-corrected chi connectivity index (χ0v) is 6.88. The average molecular weight is 210 g/mol. The fourth-order valence-electron chi connectivity index (χ4n) is 0.753. The molecular formula is C6H5F3N2O3. The lowest BCUT2D eigenvalue weighted by atomic mass is 10.4. The topological polar surface area (TPSA) is 64.1 Å². The first-order valence-electron chi connectivity index (χ1n) is 3.36. The van der Waals surface area contributed by atoms with Gasteiger partial charge in [0, 0.05) is 13.1 Å². The maximum absolute atomic E-state index is 11.6. The average Bonchev–Trinajstić information content (AvgIpc) is 2.28. The number of carbonyl (C=O) groups excluding carboxylic acids is 1. The summed E-state index contributed by atoms with van der Waals surface area (Å²) in [6.45, 7) is 0. The van der Waals surface area contributed by atoms with Crippen LogP contribution in [0.4, 0.5) is 13.2 Å². The van der Waals surface area contributed by atoms with Crippen molar-refractivity contribution in [1.82, 2.24) is 9.78 Å². The first-order valence-corrected chi connectivity index (χ1v) is 3.36. The number of alkyl halides is 3. The molecule has 0 aliphatic rings. The number of rotatable bonds is 1. The first kappa shape index (κ1) is 10.4. The van der Waals surface area contributed by atoms with Crippen LogP contribution < -0.4 is 5.56 Å². The van der Waals surface area contributed by atoms with Crippen molar-refractivity contribution >= 4 is 5.97 Å². The van der Waals surface area contributed by atoms with Crippen LogP contribution in [0.5, 0.6) is 0 Å². The molecule has 0 amide bonds. The van der Waals surface area contributed by atoms with Gasteiger partial charge in [-0.05, 0) is 0 Å². The van der Waals surface area contributed by atoms with Gasteiger partial charge in [-0.2, -0.15) is 0 Å². The van der Waals surface area contributed by atoms with E-state index in [0.29, 0.717) is 6.07 Å². The van der Waals surface area contributed by atoms with Gasteiger partial charge >= 0.3 is 12.3 Å². The molecular weight excluding hydrogens is 205 g/mol. The van der Waals surface area contributed by atoms with Crippen LogP contribution in [0.2, 0.25) is 0 Å². The summed E-state index contributed by atoms with van der Waals surface area (Å²) in [7, 11) is 1.26. The maximum atomic E-state index is 11.6. The summed E-state index contributed by atoms with van der Waals surface area (Å²) >= 11 is 0. The molecule has 1 aromatic heterocycles. The molecule has 5 nitrogen and oxygen atoms in total. The Morgan fingerprint density at radius 1 is 1.57 bits per heavy atom. The van der Waals surface area contributed by atoms with Crippen molar-refractivity contribution in [1.29, 1.82) is 0 Å². The van der Waals surface area contributed by atoms with Crippen LogP contribution in [0.15, 0.2) is 10.9 Å². The molecule has 0 atom stereocenters. The van der Waals surface area contributed by atoms with E-state index in [1.807, 2.05) is 0 Å². The van der Waals surface area contributed by atoms with E-state index in [-0.39, 0.29) is 0 Å². The van der Waals surface area contributed by atoms with Crippen molar-refractivity contribution in [2.75, 3.05) is 0 Å². The van der Waals surface area contributed by atoms with Crippen LogP contribution in [0.3, 0.4) is 0 Å². The summed E-state index contributed by atoms with van der Waals surface area (Å²) in [6.07, 6.45) is -5.05. The number of aryl methyl sites for hydroxylation is 1. The molecule has 0 saturated heterocycles. The third kappa shape index (κ3) is 2.38. The molecule has 14 heavy (non-hydrogen) atoms. The zero-order chi connectivity index (χ0) is 10.9. The summed E-state index contributed by atoms with van der Waals surface area (Å²) in [4.78, 5) is 21.5. The standard InChI is InChI=1S/C6H5F3N2O3/c1-11-4(12)2-3(10-11)5(13)14-6(7,8)9/h2,10H,1H3. The lowest BCUT2D eigenvalue weighted by molar-refractivity contribution is -0.292. The van der Waals surface area contributed by atoms with Gasteiger partial charge in [-0.15, -0.1) is 13.2 Å². The van der Waals surface area contributed by atoms with Crippen LogP contribution in [-0.2, 0) is 11.8 Å². The quantitative estimate of drug-likeness (QED) is 0.682. The number of aromatic nitrogens is 2. The number of hydrogen-bond acceptors (Lipinski definition) is 3. The normalized spacial score (nSPS) is 11.4. The second kappa shape index (κ2) is 3.20. The minimum atomic E-state index is -5.05. The number of ether oxygens (including phenoxy) is 1. The molecule has 8 heteroatoms. The molecule has 0 radical (unpaired) electrons. The number of nitrogens with zero attached hydrogens (tertiary/aromatic N) is 1. The van der Waals surface area contributed by atoms with Crippen LogP contribution in [0.1, 0.15) is 10.5 Å². The molecule has 0 aliphatic heterocycles. The number of H-pyrrole nitrogens is 1. The van der Waals surface area contributed by atoms with E-state index >= 15 is 0 Å². The Balaban J connectivity index is 2.86. The van der Waals surface area contributed by atoms with E-state index in [0.717, 1.165) is 4.68 Å². The van der Waals surface area contributed by atoms with Crippen molar-refractivity contribution in [3.8, 4) is 0 Å². The lowest BCUT2D eigenvalue weighted by Gasteiger charge is -2.04. The summed E-state index contributed by atoms with van der Waals surface area (Å²) in [6, 6.07) is 0.716.